The van der Waals surface area contributed by atoms with E-state index in [-0.39, 0.29) is 0 Å². The standard InChI is InChI=1S/C17H26N2/c1-19-10-4-7-16(13-19)15-6-2-5-14(11-15)12-17-8-3-9-18-17/h2,5-6,11,16-18H,3-4,7-10,12-13H2,1H3. The van der Waals surface area contributed by atoms with Crippen molar-refractivity contribution in [3.05, 3.63) is 35.4 Å². The van der Waals surface area contributed by atoms with Crippen LogP contribution in [-0.4, -0.2) is 37.6 Å². The van der Waals surface area contributed by atoms with E-state index in [9.17, 15) is 0 Å². The number of likely N-dealkylation sites (N-methyl/N-ethyl adjacent to an activating group) is 1. The highest BCUT2D eigenvalue weighted by molar-refractivity contribution is 5.28. The molecule has 1 N–H and O–H groups in total. The molecule has 2 aliphatic rings. The SMILES string of the molecule is CN1CCCC(c2cccc(CC3CCCN3)c2)C1. The number of hydrogen-bond acceptors (Lipinski definition) is 2. The van der Waals surface area contributed by atoms with Crippen LogP contribution in [0.5, 0.6) is 0 Å². The zero-order valence-electron chi connectivity index (χ0n) is 12.1. The summed E-state index contributed by atoms with van der Waals surface area (Å²) in [5.41, 5.74) is 3.08. The number of nitrogens with one attached hydrogen (secondary N) is 1. The van der Waals surface area contributed by atoms with E-state index < -0.39 is 0 Å². The fraction of sp³-hybridized carbons (Fsp3) is 0.647. The van der Waals surface area contributed by atoms with Crippen molar-refractivity contribution in [3.63, 3.8) is 0 Å². The lowest BCUT2D eigenvalue weighted by molar-refractivity contribution is 0.251. The van der Waals surface area contributed by atoms with Crippen molar-refractivity contribution < 1.29 is 0 Å². The molecule has 2 fully saturated rings. The molecule has 3 rings (SSSR count). The molecule has 2 unspecified atom stereocenters. The predicted molar refractivity (Wildman–Crippen MR) is 80.6 cm³/mol. The van der Waals surface area contributed by atoms with Crippen LogP contribution in [0.1, 0.15) is 42.7 Å². The number of rotatable bonds is 3. The van der Waals surface area contributed by atoms with Crippen molar-refractivity contribution in [2.24, 2.45) is 0 Å². The molecule has 1 aromatic rings. The smallest absolute Gasteiger partial charge is 0.0108 e. The van der Waals surface area contributed by atoms with Crippen LogP contribution in [0.4, 0.5) is 0 Å². The van der Waals surface area contributed by atoms with Crippen molar-refractivity contribution >= 4 is 0 Å². The number of nitrogens with zero attached hydrogens (tertiary/aromatic N) is 1. The number of piperidine rings is 1. The Morgan fingerprint density at radius 3 is 3.00 bits per heavy atom. The van der Waals surface area contributed by atoms with Gasteiger partial charge in [0.15, 0.2) is 0 Å². The van der Waals surface area contributed by atoms with E-state index in [1.54, 1.807) is 5.56 Å². The molecular formula is C17H26N2. The Labute approximate surface area is 117 Å². The van der Waals surface area contributed by atoms with Gasteiger partial charge in [0.1, 0.15) is 0 Å². The second kappa shape index (κ2) is 6.06. The Morgan fingerprint density at radius 1 is 1.26 bits per heavy atom. The van der Waals surface area contributed by atoms with Crippen LogP contribution in [0.3, 0.4) is 0 Å². The van der Waals surface area contributed by atoms with Crippen LogP contribution in [0, 0.1) is 0 Å². The molecule has 2 heteroatoms. The van der Waals surface area contributed by atoms with Crippen LogP contribution >= 0.6 is 0 Å². The third kappa shape index (κ3) is 3.37. The van der Waals surface area contributed by atoms with Crippen LogP contribution in [0.2, 0.25) is 0 Å². The molecule has 0 aromatic heterocycles. The maximum atomic E-state index is 3.60. The molecule has 2 aliphatic heterocycles. The summed E-state index contributed by atoms with van der Waals surface area (Å²) in [6.45, 7) is 3.70. The van der Waals surface area contributed by atoms with Crippen molar-refractivity contribution in [1.29, 1.82) is 0 Å². The Balaban J connectivity index is 1.68. The molecule has 19 heavy (non-hydrogen) atoms. The minimum Gasteiger partial charge on any atom is -0.314 e. The summed E-state index contributed by atoms with van der Waals surface area (Å²) in [7, 11) is 2.25. The van der Waals surface area contributed by atoms with Gasteiger partial charge in [-0.2, -0.15) is 0 Å². The molecule has 2 heterocycles. The van der Waals surface area contributed by atoms with E-state index in [2.05, 4.69) is 41.5 Å². The van der Waals surface area contributed by atoms with Crippen molar-refractivity contribution in [2.45, 2.75) is 44.1 Å². The van der Waals surface area contributed by atoms with Gasteiger partial charge in [-0.05, 0) is 69.3 Å². The normalized spacial score (nSPS) is 28.7. The highest BCUT2D eigenvalue weighted by Crippen LogP contribution is 2.27. The number of hydrogen-bond donors (Lipinski definition) is 1. The second-order valence-corrected chi connectivity index (χ2v) is 6.34. The highest BCUT2D eigenvalue weighted by atomic mass is 15.1. The highest BCUT2D eigenvalue weighted by Gasteiger charge is 2.20. The van der Waals surface area contributed by atoms with Gasteiger partial charge in [-0.25, -0.2) is 0 Å². The topological polar surface area (TPSA) is 15.3 Å². The monoisotopic (exact) mass is 258 g/mol. The lowest BCUT2D eigenvalue weighted by Crippen LogP contribution is -2.30. The van der Waals surface area contributed by atoms with Gasteiger partial charge in [0.05, 0.1) is 0 Å². The van der Waals surface area contributed by atoms with Crippen molar-refractivity contribution in [3.8, 4) is 0 Å². The van der Waals surface area contributed by atoms with E-state index in [1.807, 2.05) is 0 Å². The largest absolute Gasteiger partial charge is 0.314 e. The fourth-order valence-electron chi connectivity index (χ4n) is 3.63. The molecule has 2 saturated heterocycles. The summed E-state index contributed by atoms with van der Waals surface area (Å²) in [5.74, 6) is 0.746. The zero-order valence-corrected chi connectivity index (χ0v) is 12.1. The van der Waals surface area contributed by atoms with E-state index in [4.69, 9.17) is 0 Å². The molecule has 0 radical (unpaired) electrons. The van der Waals surface area contributed by atoms with E-state index in [1.165, 1.54) is 57.3 Å². The van der Waals surface area contributed by atoms with Gasteiger partial charge in [0.25, 0.3) is 0 Å². The predicted octanol–water partition coefficient (Wildman–Crippen LogP) is 2.79. The average Bonchev–Trinajstić information content (AvgIpc) is 2.92. The van der Waals surface area contributed by atoms with Gasteiger partial charge in [-0.3, -0.25) is 0 Å². The quantitative estimate of drug-likeness (QED) is 0.897. The molecule has 2 nitrogen and oxygen atoms in total. The summed E-state index contributed by atoms with van der Waals surface area (Å²) in [6, 6.07) is 10.1. The Bertz CT molecular complexity index is 409. The molecule has 0 saturated carbocycles. The van der Waals surface area contributed by atoms with Gasteiger partial charge in [-0.15, -0.1) is 0 Å². The number of likely N-dealkylation sites (tertiary alicyclic amines) is 1. The van der Waals surface area contributed by atoms with Crippen LogP contribution in [0.15, 0.2) is 24.3 Å². The molecule has 104 valence electrons. The molecular weight excluding hydrogens is 232 g/mol. The van der Waals surface area contributed by atoms with Crippen LogP contribution in [-0.2, 0) is 6.42 Å². The Kier molecular flexibility index (Phi) is 4.19. The van der Waals surface area contributed by atoms with Crippen molar-refractivity contribution in [1.82, 2.24) is 10.2 Å². The zero-order chi connectivity index (χ0) is 13.1. The molecule has 2 atom stereocenters. The van der Waals surface area contributed by atoms with Crippen LogP contribution in [0.25, 0.3) is 0 Å². The molecule has 0 aliphatic carbocycles. The molecule has 0 bridgehead atoms. The third-order valence-electron chi connectivity index (χ3n) is 4.69. The number of benzene rings is 1. The van der Waals surface area contributed by atoms with E-state index >= 15 is 0 Å². The molecule has 0 spiro atoms. The van der Waals surface area contributed by atoms with Crippen LogP contribution < -0.4 is 5.32 Å². The third-order valence-corrected chi connectivity index (χ3v) is 4.69. The second-order valence-electron chi connectivity index (χ2n) is 6.34. The minimum absolute atomic E-state index is 0.712. The maximum Gasteiger partial charge on any atom is 0.0108 e. The first-order valence-corrected chi connectivity index (χ1v) is 7.82. The van der Waals surface area contributed by atoms with Gasteiger partial charge in [0.2, 0.25) is 0 Å². The van der Waals surface area contributed by atoms with Gasteiger partial charge in [-0.1, -0.05) is 24.3 Å². The Morgan fingerprint density at radius 2 is 2.21 bits per heavy atom. The van der Waals surface area contributed by atoms with Crippen molar-refractivity contribution in [2.75, 3.05) is 26.7 Å². The fourth-order valence-corrected chi connectivity index (χ4v) is 3.63. The lowest BCUT2D eigenvalue weighted by Gasteiger charge is -2.30. The van der Waals surface area contributed by atoms with E-state index in [0.29, 0.717) is 6.04 Å². The lowest BCUT2D eigenvalue weighted by atomic mass is 9.89. The first kappa shape index (κ1) is 13.1. The van der Waals surface area contributed by atoms with Gasteiger partial charge < -0.3 is 10.2 Å². The summed E-state index contributed by atoms with van der Waals surface area (Å²) < 4.78 is 0. The summed E-state index contributed by atoms with van der Waals surface area (Å²) in [5, 5.41) is 3.60. The minimum atomic E-state index is 0.712. The summed E-state index contributed by atoms with van der Waals surface area (Å²) in [4.78, 5) is 2.47. The Hall–Kier alpha value is -0.860. The molecule has 1 aromatic carbocycles. The molecule has 0 amide bonds. The average molecular weight is 258 g/mol. The van der Waals surface area contributed by atoms with Gasteiger partial charge >= 0.3 is 0 Å². The van der Waals surface area contributed by atoms with E-state index in [0.717, 1.165) is 5.92 Å². The first-order valence-electron chi connectivity index (χ1n) is 7.82. The first-order chi connectivity index (χ1) is 9.31. The summed E-state index contributed by atoms with van der Waals surface area (Å²) >= 11 is 0. The van der Waals surface area contributed by atoms with Gasteiger partial charge in [0, 0.05) is 12.6 Å². The maximum absolute atomic E-state index is 3.60. The summed E-state index contributed by atoms with van der Waals surface area (Å²) in [6.07, 6.45) is 6.59.